The minimum Gasteiger partial charge on any atom is -0.366 e. The van der Waals surface area contributed by atoms with Crippen molar-refractivity contribution in [3.05, 3.63) is 18.0 Å². The number of hydrogen-bond acceptors (Lipinski definition) is 4. The second-order valence-corrected chi connectivity index (χ2v) is 2.27. The van der Waals surface area contributed by atoms with E-state index >= 15 is 0 Å². The average Bonchev–Trinajstić information content (AvgIpc) is 2.45. The fraction of sp³-hybridized carbons (Fsp3) is 0.167. The summed E-state index contributed by atoms with van der Waals surface area (Å²) in [5.41, 5.74) is 7.23. The smallest absolute Gasteiger partial charge is 0.241 e. The highest BCUT2D eigenvalue weighted by molar-refractivity contribution is 5.51. The Kier molecular flexibility index (Phi) is 1.06. The molecule has 0 spiro atoms. The molecule has 2 aromatic rings. The van der Waals surface area contributed by atoms with Gasteiger partial charge in [0, 0.05) is 0 Å². The van der Waals surface area contributed by atoms with Crippen LogP contribution < -0.4 is 5.73 Å². The van der Waals surface area contributed by atoms with Gasteiger partial charge in [-0.05, 0) is 13.0 Å². The van der Waals surface area contributed by atoms with Crippen LogP contribution >= 0.6 is 0 Å². The molecule has 11 heavy (non-hydrogen) atoms. The van der Waals surface area contributed by atoms with Gasteiger partial charge in [0.1, 0.15) is 0 Å². The third-order valence-electron chi connectivity index (χ3n) is 1.53. The number of aryl methyl sites for hydroxylation is 1. The molecule has 0 atom stereocenters. The van der Waals surface area contributed by atoms with Gasteiger partial charge in [0.2, 0.25) is 5.95 Å². The monoisotopic (exact) mass is 149 g/mol. The fourth-order valence-corrected chi connectivity index (χ4v) is 0.980. The Morgan fingerprint density at radius 2 is 2.27 bits per heavy atom. The van der Waals surface area contributed by atoms with Gasteiger partial charge in [0.05, 0.1) is 17.4 Å². The maximum atomic E-state index is 5.50. The molecule has 5 heteroatoms. The number of hydrogen-bond donors (Lipinski definition) is 1. The van der Waals surface area contributed by atoms with E-state index in [-0.39, 0.29) is 0 Å². The standard InChI is InChI=1S/C6H7N5/c1-4-5-2-3-8-11(5)6(7)10-9-4/h2-3H,1H3,(H2,7,10). The highest BCUT2D eigenvalue weighted by Gasteiger charge is 2.01. The van der Waals surface area contributed by atoms with E-state index in [0.717, 1.165) is 11.2 Å². The van der Waals surface area contributed by atoms with Gasteiger partial charge in [-0.2, -0.15) is 9.61 Å². The van der Waals surface area contributed by atoms with E-state index in [4.69, 9.17) is 5.73 Å². The van der Waals surface area contributed by atoms with Crippen molar-refractivity contribution in [3.8, 4) is 0 Å². The van der Waals surface area contributed by atoms with E-state index in [0.29, 0.717) is 5.95 Å². The summed E-state index contributed by atoms with van der Waals surface area (Å²) >= 11 is 0. The molecule has 0 saturated carbocycles. The first-order chi connectivity index (χ1) is 5.29. The maximum Gasteiger partial charge on any atom is 0.241 e. The van der Waals surface area contributed by atoms with Crippen molar-refractivity contribution < 1.29 is 0 Å². The molecule has 0 aromatic carbocycles. The lowest BCUT2D eigenvalue weighted by molar-refractivity contribution is 0.863. The lowest BCUT2D eigenvalue weighted by Gasteiger charge is -1.97. The third-order valence-corrected chi connectivity index (χ3v) is 1.53. The molecule has 0 aliphatic heterocycles. The van der Waals surface area contributed by atoms with Gasteiger partial charge in [-0.25, -0.2) is 0 Å². The first-order valence-corrected chi connectivity index (χ1v) is 3.21. The summed E-state index contributed by atoms with van der Waals surface area (Å²) in [6, 6.07) is 1.85. The topological polar surface area (TPSA) is 69.1 Å². The second kappa shape index (κ2) is 1.91. The van der Waals surface area contributed by atoms with Crippen LogP contribution in [0.25, 0.3) is 5.52 Å². The van der Waals surface area contributed by atoms with Gasteiger partial charge in [-0.3, -0.25) is 0 Å². The van der Waals surface area contributed by atoms with E-state index in [9.17, 15) is 0 Å². The van der Waals surface area contributed by atoms with Gasteiger partial charge in [-0.15, -0.1) is 10.2 Å². The summed E-state index contributed by atoms with van der Waals surface area (Å²) in [4.78, 5) is 0. The molecule has 0 aliphatic carbocycles. The maximum absolute atomic E-state index is 5.50. The average molecular weight is 149 g/mol. The predicted octanol–water partition coefficient (Wildman–Crippen LogP) is 0.0149. The Balaban J connectivity index is 2.96. The number of rotatable bonds is 0. The van der Waals surface area contributed by atoms with Gasteiger partial charge < -0.3 is 5.73 Å². The van der Waals surface area contributed by atoms with Crippen molar-refractivity contribution in [2.45, 2.75) is 6.92 Å². The Hall–Kier alpha value is -1.65. The summed E-state index contributed by atoms with van der Waals surface area (Å²) in [6.45, 7) is 1.86. The third kappa shape index (κ3) is 0.739. The van der Waals surface area contributed by atoms with Gasteiger partial charge in [0.15, 0.2) is 0 Å². The largest absolute Gasteiger partial charge is 0.366 e. The van der Waals surface area contributed by atoms with Crippen LogP contribution in [0.1, 0.15) is 5.69 Å². The number of anilines is 1. The molecule has 0 unspecified atom stereocenters. The van der Waals surface area contributed by atoms with Crippen molar-refractivity contribution in [2.24, 2.45) is 0 Å². The zero-order valence-corrected chi connectivity index (χ0v) is 6.02. The highest BCUT2D eigenvalue weighted by atomic mass is 15.3. The van der Waals surface area contributed by atoms with Crippen LogP contribution in [-0.4, -0.2) is 19.8 Å². The van der Waals surface area contributed by atoms with E-state index < -0.39 is 0 Å². The van der Waals surface area contributed by atoms with Gasteiger partial charge >= 0.3 is 0 Å². The Morgan fingerprint density at radius 1 is 1.45 bits per heavy atom. The SMILES string of the molecule is Cc1nnc(N)n2nccc12. The molecular formula is C6H7N5. The van der Waals surface area contributed by atoms with Crippen LogP contribution in [0, 0.1) is 6.92 Å². The molecule has 5 nitrogen and oxygen atoms in total. The molecule has 2 N–H and O–H groups in total. The van der Waals surface area contributed by atoms with Crippen molar-refractivity contribution in [1.29, 1.82) is 0 Å². The summed E-state index contributed by atoms with van der Waals surface area (Å²) in [5.74, 6) is 0.315. The highest BCUT2D eigenvalue weighted by Crippen LogP contribution is 2.06. The molecule has 0 radical (unpaired) electrons. The van der Waals surface area contributed by atoms with Crippen molar-refractivity contribution >= 4 is 11.5 Å². The summed E-state index contributed by atoms with van der Waals surface area (Å²) in [6.07, 6.45) is 1.67. The summed E-state index contributed by atoms with van der Waals surface area (Å²) < 4.78 is 1.56. The molecular weight excluding hydrogens is 142 g/mol. The first-order valence-electron chi connectivity index (χ1n) is 3.21. The number of nitrogens with two attached hydrogens (primary N) is 1. The van der Waals surface area contributed by atoms with Crippen LogP contribution in [0.15, 0.2) is 12.3 Å². The molecule has 2 rings (SSSR count). The Bertz CT molecular complexity index is 355. The lowest BCUT2D eigenvalue weighted by atomic mass is 10.4. The van der Waals surface area contributed by atoms with Gasteiger partial charge in [0.25, 0.3) is 0 Å². The first kappa shape index (κ1) is 6.09. The molecule has 56 valence electrons. The minimum absolute atomic E-state index is 0.315. The molecule has 0 aliphatic rings. The van der Waals surface area contributed by atoms with Crippen LogP contribution in [0.5, 0.6) is 0 Å². The minimum atomic E-state index is 0.315. The molecule has 0 fully saturated rings. The van der Waals surface area contributed by atoms with Crippen molar-refractivity contribution in [2.75, 3.05) is 5.73 Å². The number of fused-ring (bicyclic) bond motifs is 1. The number of nitrogens with zero attached hydrogens (tertiary/aromatic N) is 4. The normalized spacial score (nSPS) is 10.6. The predicted molar refractivity (Wildman–Crippen MR) is 39.9 cm³/mol. The van der Waals surface area contributed by atoms with Crippen LogP contribution in [0.3, 0.4) is 0 Å². The molecule has 0 amide bonds. The lowest BCUT2D eigenvalue weighted by Crippen LogP contribution is -2.04. The van der Waals surface area contributed by atoms with Crippen molar-refractivity contribution in [3.63, 3.8) is 0 Å². The van der Waals surface area contributed by atoms with Crippen LogP contribution in [0.2, 0.25) is 0 Å². The molecule has 0 saturated heterocycles. The van der Waals surface area contributed by atoms with E-state index in [1.807, 2.05) is 13.0 Å². The van der Waals surface area contributed by atoms with E-state index in [2.05, 4.69) is 15.3 Å². The van der Waals surface area contributed by atoms with Crippen molar-refractivity contribution in [1.82, 2.24) is 19.8 Å². The summed E-state index contributed by atoms with van der Waals surface area (Å²) in [7, 11) is 0. The summed E-state index contributed by atoms with van der Waals surface area (Å²) in [5, 5.41) is 11.5. The van der Waals surface area contributed by atoms with Gasteiger partial charge in [-0.1, -0.05) is 0 Å². The molecule has 0 bridgehead atoms. The number of nitrogen functional groups attached to an aromatic ring is 1. The Morgan fingerprint density at radius 3 is 3.00 bits per heavy atom. The van der Waals surface area contributed by atoms with Crippen LogP contribution in [0.4, 0.5) is 5.95 Å². The van der Waals surface area contributed by atoms with Crippen LogP contribution in [-0.2, 0) is 0 Å². The molecule has 2 heterocycles. The second-order valence-electron chi connectivity index (χ2n) is 2.27. The fourth-order valence-electron chi connectivity index (χ4n) is 0.980. The zero-order valence-electron chi connectivity index (χ0n) is 6.02. The van der Waals surface area contributed by atoms with E-state index in [1.54, 1.807) is 10.7 Å². The Labute approximate surface area is 62.9 Å². The molecule has 2 aromatic heterocycles. The zero-order chi connectivity index (χ0) is 7.84. The van der Waals surface area contributed by atoms with E-state index in [1.165, 1.54) is 0 Å². The number of aromatic nitrogens is 4. The quantitative estimate of drug-likeness (QED) is 0.573.